The topological polar surface area (TPSA) is 74.6 Å². The fourth-order valence-corrected chi connectivity index (χ4v) is 3.30. The Hall–Kier alpha value is -3.00. The molecule has 1 atom stereocenters. The van der Waals surface area contributed by atoms with E-state index in [-0.39, 0.29) is 11.4 Å². The number of nitrogens with zero attached hydrogens (tertiary/aromatic N) is 4. The van der Waals surface area contributed by atoms with Crippen molar-refractivity contribution in [2.24, 2.45) is 0 Å². The van der Waals surface area contributed by atoms with E-state index in [1.807, 2.05) is 13.0 Å². The molecule has 0 radical (unpaired) electrons. The normalized spacial score (nSPS) is 17.3. The number of aryl methyl sites for hydroxylation is 1. The number of hydrogen-bond acceptors (Lipinski definition) is 5. The first kappa shape index (κ1) is 17.4. The van der Waals surface area contributed by atoms with Gasteiger partial charge in [-0.2, -0.15) is 0 Å². The Morgan fingerprint density at radius 3 is 3.00 bits per heavy atom. The third kappa shape index (κ3) is 3.61. The van der Waals surface area contributed by atoms with E-state index >= 15 is 0 Å². The maximum absolute atomic E-state index is 14.5. The van der Waals surface area contributed by atoms with Crippen LogP contribution in [0.1, 0.15) is 23.1 Å². The van der Waals surface area contributed by atoms with Gasteiger partial charge in [0.1, 0.15) is 11.5 Å². The van der Waals surface area contributed by atoms with Gasteiger partial charge in [0.25, 0.3) is 5.91 Å². The molecule has 1 amide bonds. The predicted octanol–water partition coefficient (Wildman–Crippen LogP) is 2.23. The lowest BCUT2D eigenvalue weighted by molar-refractivity contribution is 0.102. The molecule has 3 aromatic rings. The summed E-state index contributed by atoms with van der Waals surface area (Å²) in [4.78, 5) is 23.0. The van der Waals surface area contributed by atoms with Crippen LogP contribution in [0.3, 0.4) is 0 Å². The molecule has 7 nitrogen and oxygen atoms in total. The van der Waals surface area contributed by atoms with Crippen LogP contribution in [-0.4, -0.2) is 46.0 Å². The number of hydrogen-bond donors (Lipinski definition) is 2. The number of piperazine rings is 1. The van der Waals surface area contributed by atoms with E-state index in [2.05, 4.69) is 32.4 Å². The minimum atomic E-state index is -0.467. The Morgan fingerprint density at radius 2 is 2.22 bits per heavy atom. The summed E-state index contributed by atoms with van der Waals surface area (Å²) in [6.07, 6.45) is 4.91. The first-order valence-corrected chi connectivity index (χ1v) is 8.90. The van der Waals surface area contributed by atoms with E-state index in [0.29, 0.717) is 11.7 Å². The molecule has 140 valence electrons. The average molecular weight is 368 g/mol. The third-order valence-corrected chi connectivity index (χ3v) is 4.63. The van der Waals surface area contributed by atoms with Crippen molar-refractivity contribution in [1.82, 2.24) is 19.7 Å². The Bertz CT molecular complexity index is 1000. The Morgan fingerprint density at radius 1 is 1.37 bits per heavy atom. The molecule has 2 aromatic heterocycles. The molecular weight excluding hydrogens is 347 g/mol. The number of carbonyl (C=O) groups excluding carboxylic acids is 1. The number of amides is 1. The van der Waals surface area contributed by atoms with Gasteiger partial charge in [0.2, 0.25) is 0 Å². The minimum Gasteiger partial charge on any atom is -0.369 e. The van der Waals surface area contributed by atoms with Crippen LogP contribution in [0.25, 0.3) is 5.65 Å². The number of halogens is 1. The van der Waals surface area contributed by atoms with E-state index in [9.17, 15) is 9.18 Å². The van der Waals surface area contributed by atoms with Crippen molar-refractivity contribution in [3.05, 3.63) is 54.0 Å². The quantitative estimate of drug-likeness (QED) is 0.742. The molecule has 3 heterocycles. The molecule has 1 aliphatic rings. The number of anilines is 2. The lowest BCUT2D eigenvalue weighted by Crippen LogP contribution is -2.49. The minimum absolute atomic E-state index is 0.135. The first-order chi connectivity index (χ1) is 13.0. The number of nitrogens with one attached hydrogen (secondary N) is 2. The Labute approximate surface area is 156 Å². The molecule has 1 aliphatic heterocycles. The first-order valence-electron chi connectivity index (χ1n) is 8.90. The Kier molecular flexibility index (Phi) is 4.49. The van der Waals surface area contributed by atoms with E-state index in [4.69, 9.17) is 0 Å². The molecule has 8 heteroatoms. The predicted molar refractivity (Wildman–Crippen MR) is 102 cm³/mol. The zero-order valence-electron chi connectivity index (χ0n) is 15.2. The van der Waals surface area contributed by atoms with Gasteiger partial charge in [0, 0.05) is 43.8 Å². The van der Waals surface area contributed by atoms with Crippen LogP contribution in [-0.2, 0) is 0 Å². The maximum Gasteiger partial charge on any atom is 0.275 e. The molecule has 1 saturated heterocycles. The zero-order chi connectivity index (χ0) is 19.0. The van der Waals surface area contributed by atoms with Crippen molar-refractivity contribution in [2.45, 2.75) is 19.9 Å². The van der Waals surface area contributed by atoms with Crippen molar-refractivity contribution in [3.63, 3.8) is 0 Å². The smallest absolute Gasteiger partial charge is 0.275 e. The second kappa shape index (κ2) is 6.96. The number of aromatic nitrogens is 3. The van der Waals surface area contributed by atoms with Gasteiger partial charge in [-0.3, -0.25) is 4.79 Å². The van der Waals surface area contributed by atoms with Gasteiger partial charge in [0.15, 0.2) is 5.65 Å². The standard InChI is InChI=1S/C19H21FN6O/c1-12-9-25(6-5-21-12)14-3-4-16(15(20)7-14)24-19(27)17-11-26-10-13(2)23-18(26)8-22-17/h3-4,7-8,10-12,21H,5-6,9H2,1-2H3,(H,24,27)/t12-/m1/s1. The summed E-state index contributed by atoms with van der Waals surface area (Å²) in [5.41, 5.74) is 2.63. The number of benzene rings is 1. The summed E-state index contributed by atoms with van der Waals surface area (Å²) >= 11 is 0. The monoisotopic (exact) mass is 368 g/mol. The number of fused-ring (bicyclic) bond motifs is 1. The van der Waals surface area contributed by atoms with Crippen LogP contribution in [0.4, 0.5) is 15.8 Å². The van der Waals surface area contributed by atoms with Crippen molar-refractivity contribution < 1.29 is 9.18 Å². The van der Waals surface area contributed by atoms with Gasteiger partial charge in [-0.1, -0.05) is 0 Å². The van der Waals surface area contributed by atoms with Crippen LogP contribution in [0.2, 0.25) is 0 Å². The van der Waals surface area contributed by atoms with Crippen molar-refractivity contribution in [2.75, 3.05) is 29.9 Å². The van der Waals surface area contributed by atoms with Gasteiger partial charge in [-0.25, -0.2) is 14.4 Å². The van der Waals surface area contributed by atoms with Crippen LogP contribution in [0.15, 0.2) is 36.8 Å². The van der Waals surface area contributed by atoms with E-state index in [0.717, 1.165) is 31.0 Å². The van der Waals surface area contributed by atoms with Gasteiger partial charge in [0.05, 0.1) is 17.6 Å². The van der Waals surface area contributed by atoms with E-state index in [1.54, 1.807) is 22.9 Å². The fraction of sp³-hybridized carbons (Fsp3) is 0.316. The highest BCUT2D eigenvalue weighted by Crippen LogP contribution is 2.23. The fourth-order valence-electron chi connectivity index (χ4n) is 3.30. The highest BCUT2D eigenvalue weighted by Gasteiger charge is 2.18. The van der Waals surface area contributed by atoms with Gasteiger partial charge >= 0.3 is 0 Å². The summed E-state index contributed by atoms with van der Waals surface area (Å²) in [5.74, 6) is -0.933. The van der Waals surface area contributed by atoms with Crippen LogP contribution < -0.4 is 15.5 Å². The second-order valence-electron chi connectivity index (χ2n) is 6.84. The molecule has 0 unspecified atom stereocenters. The SMILES string of the molecule is Cc1cn2cc(C(=O)Nc3ccc(N4CCN[C@H](C)C4)cc3F)ncc2n1. The second-order valence-corrected chi connectivity index (χ2v) is 6.84. The third-order valence-electron chi connectivity index (χ3n) is 4.63. The number of imidazole rings is 1. The summed E-state index contributed by atoms with van der Waals surface area (Å²) in [6, 6.07) is 5.24. The van der Waals surface area contributed by atoms with Crippen LogP contribution >= 0.6 is 0 Å². The van der Waals surface area contributed by atoms with Crippen LogP contribution in [0.5, 0.6) is 0 Å². The largest absolute Gasteiger partial charge is 0.369 e. The highest BCUT2D eigenvalue weighted by atomic mass is 19.1. The summed E-state index contributed by atoms with van der Waals surface area (Å²) in [5, 5.41) is 5.96. The molecule has 4 rings (SSSR count). The molecule has 0 saturated carbocycles. The van der Waals surface area contributed by atoms with Crippen LogP contribution in [0, 0.1) is 12.7 Å². The van der Waals surface area contributed by atoms with Crippen molar-refractivity contribution in [1.29, 1.82) is 0 Å². The number of carbonyl (C=O) groups is 1. The molecule has 2 N–H and O–H groups in total. The lowest BCUT2D eigenvalue weighted by Gasteiger charge is -2.33. The van der Waals surface area contributed by atoms with Gasteiger partial charge < -0.3 is 19.9 Å². The molecule has 0 aliphatic carbocycles. The zero-order valence-corrected chi connectivity index (χ0v) is 15.2. The van der Waals surface area contributed by atoms with E-state index < -0.39 is 11.7 Å². The maximum atomic E-state index is 14.5. The molecule has 0 spiro atoms. The summed E-state index contributed by atoms with van der Waals surface area (Å²) < 4.78 is 16.3. The molecule has 0 bridgehead atoms. The number of rotatable bonds is 3. The lowest BCUT2D eigenvalue weighted by atomic mass is 10.2. The van der Waals surface area contributed by atoms with Gasteiger partial charge in [-0.15, -0.1) is 0 Å². The Balaban J connectivity index is 1.51. The highest BCUT2D eigenvalue weighted by molar-refractivity contribution is 6.02. The van der Waals surface area contributed by atoms with E-state index in [1.165, 1.54) is 12.3 Å². The van der Waals surface area contributed by atoms with Gasteiger partial charge in [-0.05, 0) is 32.0 Å². The molecule has 1 fully saturated rings. The molecular formula is C19H21FN6O. The summed E-state index contributed by atoms with van der Waals surface area (Å²) in [6.45, 7) is 6.47. The molecule has 1 aromatic carbocycles. The molecule has 27 heavy (non-hydrogen) atoms. The van der Waals surface area contributed by atoms with Crippen molar-refractivity contribution in [3.8, 4) is 0 Å². The average Bonchev–Trinajstić information content (AvgIpc) is 3.02. The summed E-state index contributed by atoms with van der Waals surface area (Å²) in [7, 11) is 0. The van der Waals surface area contributed by atoms with Crippen molar-refractivity contribution >= 4 is 22.9 Å².